The van der Waals surface area contributed by atoms with Gasteiger partial charge in [0, 0.05) is 30.7 Å². The van der Waals surface area contributed by atoms with Crippen LogP contribution in [0.25, 0.3) is 0 Å². The van der Waals surface area contributed by atoms with E-state index in [1.54, 1.807) is 7.11 Å². The highest BCUT2D eigenvalue weighted by atomic mass is 79.9. The Morgan fingerprint density at radius 3 is 2.73 bits per heavy atom. The van der Waals surface area contributed by atoms with E-state index in [9.17, 15) is 0 Å². The summed E-state index contributed by atoms with van der Waals surface area (Å²) < 4.78 is 6.11. The van der Waals surface area contributed by atoms with Crippen molar-refractivity contribution in [1.29, 1.82) is 0 Å². The first-order valence-electron chi connectivity index (χ1n) is 5.50. The second-order valence-electron chi connectivity index (χ2n) is 4.01. The lowest BCUT2D eigenvalue weighted by Crippen LogP contribution is -2.43. The van der Waals surface area contributed by atoms with Gasteiger partial charge >= 0.3 is 0 Å². The molecule has 0 aromatic carbocycles. The molecule has 0 bridgehead atoms. The van der Waals surface area contributed by atoms with Crippen molar-refractivity contribution in [3.05, 3.63) is 11.1 Å². The van der Waals surface area contributed by atoms with E-state index in [0.717, 1.165) is 24.2 Å². The van der Waals surface area contributed by atoms with Crippen molar-refractivity contribution in [2.75, 3.05) is 39.9 Å². The molecule has 0 radical (unpaired) electrons. The Kier molecular flexibility index (Phi) is 6.48. The molecule has 0 aliphatic carbocycles. The van der Waals surface area contributed by atoms with Crippen LogP contribution in [0.2, 0.25) is 0 Å². The molecular formula is C11H21BrN2O. The number of nitrogens with zero attached hydrogens (tertiary/aromatic N) is 1. The smallest absolute Gasteiger partial charge is 0.0589 e. The Balaban J connectivity index is 2.09. The molecule has 0 unspecified atom stereocenters. The van der Waals surface area contributed by atoms with Gasteiger partial charge in [-0.1, -0.05) is 22.5 Å². The zero-order chi connectivity index (χ0) is 11.1. The van der Waals surface area contributed by atoms with Crippen LogP contribution in [-0.4, -0.2) is 50.8 Å². The van der Waals surface area contributed by atoms with E-state index < -0.39 is 0 Å². The van der Waals surface area contributed by atoms with E-state index in [-0.39, 0.29) is 0 Å². The number of nitrogens with one attached hydrogen (secondary N) is 1. The summed E-state index contributed by atoms with van der Waals surface area (Å²) in [5, 5.41) is 3.49. The third kappa shape index (κ3) is 5.66. The number of piperidine rings is 1. The lowest BCUT2D eigenvalue weighted by molar-refractivity contribution is 0.126. The summed E-state index contributed by atoms with van der Waals surface area (Å²) in [7, 11) is 1.76. The van der Waals surface area contributed by atoms with Crippen LogP contribution >= 0.6 is 15.9 Å². The maximum absolute atomic E-state index is 5.08. The number of hydrogen-bond acceptors (Lipinski definition) is 3. The lowest BCUT2D eigenvalue weighted by atomic mass is 10.1. The monoisotopic (exact) mass is 276 g/mol. The lowest BCUT2D eigenvalue weighted by Gasteiger charge is -2.32. The van der Waals surface area contributed by atoms with Crippen LogP contribution < -0.4 is 5.32 Å². The van der Waals surface area contributed by atoms with Crippen LogP contribution in [0.5, 0.6) is 0 Å². The average Bonchev–Trinajstić information content (AvgIpc) is 2.25. The molecule has 1 saturated heterocycles. The van der Waals surface area contributed by atoms with Crippen LogP contribution in [0.15, 0.2) is 11.1 Å². The summed E-state index contributed by atoms with van der Waals surface area (Å²) in [4.78, 5) is 2.46. The largest absolute Gasteiger partial charge is 0.383 e. The van der Waals surface area contributed by atoms with Crippen molar-refractivity contribution in [3.63, 3.8) is 0 Å². The molecule has 1 aliphatic rings. The first-order chi connectivity index (χ1) is 7.22. The van der Waals surface area contributed by atoms with E-state index in [1.165, 1.54) is 25.9 Å². The van der Waals surface area contributed by atoms with E-state index in [2.05, 4.69) is 32.7 Å². The van der Waals surface area contributed by atoms with Gasteiger partial charge in [-0.05, 0) is 25.9 Å². The second-order valence-corrected chi connectivity index (χ2v) is 5.13. The summed E-state index contributed by atoms with van der Waals surface area (Å²) in [6, 6.07) is 0.651. The molecule has 88 valence electrons. The maximum atomic E-state index is 5.08. The molecular weight excluding hydrogens is 256 g/mol. The molecule has 3 nitrogen and oxygen atoms in total. The van der Waals surface area contributed by atoms with Gasteiger partial charge in [-0.25, -0.2) is 0 Å². The fourth-order valence-electron chi connectivity index (χ4n) is 1.84. The molecule has 0 aromatic rings. The highest BCUT2D eigenvalue weighted by Crippen LogP contribution is 2.10. The summed E-state index contributed by atoms with van der Waals surface area (Å²) in [5.74, 6) is 0. The number of halogens is 1. The number of ether oxygens (including phenoxy) is 1. The van der Waals surface area contributed by atoms with E-state index in [0.29, 0.717) is 6.04 Å². The number of methoxy groups -OCH3 is 1. The van der Waals surface area contributed by atoms with Gasteiger partial charge in [0.15, 0.2) is 0 Å². The van der Waals surface area contributed by atoms with Crippen LogP contribution in [0.3, 0.4) is 0 Å². The highest BCUT2D eigenvalue weighted by molar-refractivity contribution is 9.11. The number of hydrogen-bond donors (Lipinski definition) is 1. The number of likely N-dealkylation sites (tertiary alicyclic amines) is 1. The summed E-state index contributed by atoms with van der Waals surface area (Å²) in [5.41, 5.74) is 0. The van der Waals surface area contributed by atoms with Crippen molar-refractivity contribution >= 4 is 15.9 Å². The topological polar surface area (TPSA) is 24.5 Å². The second kappa shape index (κ2) is 7.39. The Morgan fingerprint density at radius 2 is 2.20 bits per heavy atom. The molecule has 0 amide bonds. The Bertz CT molecular complexity index is 191. The zero-order valence-electron chi connectivity index (χ0n) is 9.47. The van der Waals surface area contributed by atoms with Crippen molar-refractivity contribution < 1.29 is 4.74 Å². The van der Waals surface area contributed by atoms with Crippen molar-refractivity contribution in [2.45, 2.75) is 18.9 Å². The van der Waals surface area contributed by atoms with Gasteiger partial charge in [0.1, 0.15) is 0 Å². The SMILES string of the molecule is C=C(Br)CNC1CCN(CCOC)CC1. The molecule has 1 fully saturated rings. The molecule has 0 saturated carbocycles. The van der Waals surface area contributed by atoms with Crippen molar-refractivity contribution in [1.82, 2.24) is 10.2 Å². The van der Waals surface area contributed by atoms with Gasteiger partial charge < -0.3 is 15.0 Å². The zero-order valence-corrected chi connectivity index (χ0v) is 11.1. The van der Waals surface area contributed by atoms with E-state index in [1.807, 2.05) is 0 Å². The molecule has 0 spiro atoms. The van der Waals surface area contributed by atoms with Crippen LogP contribution in [0, 0.1) is 0 Å². The standard InChI is InChI=1S/C11H21BrN2O/c1-10(12)9-13-11-3-5-14(6-4-11)7-8-15-2/h11,13H,1,3-9H2,2H3. The molecule has 0 atom stereocenters. The molecule has 4 heteroatoms. The highest BCUT2D eigenvalue weighted by Gasteiger charge is 2.17. The minimum atomic E-state index is 0.651. The molecule has 15 heavy (non-hydrogen) atoms. The molecule has 1 aliphatic heterocycles. The van der Waals surface area contributed by atoms with E-state index >= 15 is 0 Å². The van der Waals surface area contributed by atoms with Crippen LogP contribution in [-0.2, 0) is 4.74 Å². The Morgan fingerprint density at radius 1 is 1.53 bits per heavy atom. The quantitative estimate of drug-likeness (QED) is 0.798. The van der Waals surface area contributed by atoms with Gasteiger partial charge in [0.25, 0.3) is 0 Å². The minimum Gasteiger partial charge on any atom is -0.383 e. The van der Waals surface area contributed by atoms with Gasteiger partial charge in [0.2, 0.25) is 0 Å². The molecule has 1 N–H and O–H groups in total. The minimum absolute atomic E-state index is 0.651. The summed E-state index contributed by atoms with van der Waals surface area (Å²) >= 11 is 3.36. The van der Waals surface area contributed by atoms with Crippen molar-refractivity contribution in [2.24, 2.45) is 0 Å². The Hall–Kier alpha value is 0.1000. The third-order valence-electron chi connectivity index (χ3n) is 2.78. The predicted molar refractivity (Wildman–Crippen MR) is 67.4 cm³/mol. The molecule has 1 rings (SSSR count). The van der Waals surface area contributed by atoms with Crippen LogP contribution in [0.4, 0.5) is 0 Å². The summed E-state index contributed by atoms with van der Waals surface area (Å²) in [6.07, 6.45) is 2.45. The van der Waals surface area contributed by atoms with Gasteiger partial charge in [-0.15, -0.1) is 0 Å². The van der Waals surface area contributed by atoms with Crippen LogP contribution in [0.1, 0.15) is 12.8 Å². The Labute approximate surface area is 101 Å². The normalized spacial score (nSPS) is 19.3. The van der Waals surface area contributed by atoms with Crippen molar-refractivity contribution in [3.8, 4) is 0 Å². The molecule has 0 aromatic heterocycles. The fourth-order valence-corrected chi connectivity index (χ4v) is 2.00. The maximum Gasteiger partial charge on any atom is 0.0589 e. The van der Waals surface area contributed by atoms with Gasteiger partial charge in [0.05, 0.1) is 6.61 Å². The van der Waals surface area contributed by atoms with E-state index in [4.69, 9.17) is 4.74 Å². The average molecular weight is 277 g/mol. The predicted octanol–water partition coefficient (Wildman–Crippen LogP) is 1.60. The third-order valence-corrected chi connectivity index (χ3v) is 3.06. The van der Waals surface area contributed by atoms with Gasteiger partial charge in [-0.3, -0.25) is 0 Å². The fraction of sp³-hybridized carbons (Fsp3) is 0.818. The summed E-state index contributed by atoms with van der Waals surface area (Å²) in [6.45, 7) is 8.96. The first kappa shape index (κ1) is 13.2. The van der Waals surface area contributed by atoms with Gasteiger partial charge in [-0.2, -0.15) is 0 Å². The first-order valence-corrected chi connectivity index (χ1v) is 6.29. The molecule has 1 heterocycles. The number of rotatable bonds is 6.